The van der Waals surface area contributed by atoms with Crippen molar-refractivity contribution >= 4 is 29.1 Å². The number of thioether (sulfide) groups is 1. The van der Waals surface area contributed by atoms with Crippen LogP contribution >= 0.6 is 23.4 Å². The topological polar surface area (TPSA) is 12.0 Å². The molecule has 0 aliphatic carbocycles. The van der Waals surface area contributed by atoms with Crippen molar-refractivity contribution < 1.29 is 8.78 Å². The summed E-state index contributed by atoms with van der Waals surface area (Å²) in [5, 5.41) is 3.35. The molecule has 0 fully saturated rings. The monoisotopic (exact) mass is 311 g/mol. The molecule has 0 spiro atoms. The van der Waals surface area contributed by atoms with E-state index in [1.807, 2.05) is 6.07 Å². The molecule has 2 aromatic rings. The maximum atomic E-state index is 13.8. The standard InChI is InChI=1S/C15H12ClF2NS/c16-11-5-4-9(8-13(11)18)19-14-6-7-20-15-10(14)2-1-3-12(15)17/h1-5,8,14,19H,6-7H2. The van der Waals surface area contributed by atoms with Gasteiger partial charge >= 0.3 is 0 Å². The van der Waals surface area contributed by atoms with Gasteiger partial charge in [0.05, 0.1) is 11.1 Å². The van der Waals surface area contributed by atoms with Crippen LogP contribution in [0.25, 0.3) is 0 Å². The van der Waals surface area contributed by atoms with Gasteiger partial charge < -0.3 is 5.32 Å². The van der Waals surface area contributed by atoms with E-state index in [0.717, 1.165) is 17.7 Å². The Kier molecular flexibility index (Phi) is 3.85. The first-order valence-corrected chi connectivity index (χ1v) is 7.64. The molecule has 1 aliphatic heterocycles. The maximum absolute atomic E-state index is 13.8. The van der Waals surface area contributed by atoms with E-state index in [-0.39, 0.29) is 16.9 Å². The molecule has 1 atom stereocenters. The van der Waals surface area contributed by atoms with E-state index in [0.29, 0.717) is 10.6 Å². The summed E-state index contributed by atoms with van der Waals surface area (Å²) in [6.07, 6.45) is 0.866. The van der Waals surface area contributed by atoms with E-state index in [4.69, 9.17) is 11.6 Å². The Morgan fingerprint density at radius 2 is 2.00 bits per heavy atom. The van der Waals surface area contributed by atoms with Crippen LogP contribution in [0.5, 0.6) is 0 Å². The third-order valence-corrected chi connectivity index (χ3v) is 4.75. The summed E-state index contributed by atoms with van der Waals surface area (Å²) in [6, 6.07) is 9.68. The predicted octanol–water partition coefficient (Wildman–Crippen LogP) is 5.27. The molecule has 1 aliphatic rings. The number of hydrogen-bond donors (Lipinski definition) is 1. The smallest absolute Gasteiger partial charge is 0.143 e. The van der Waals surface area contributed by atoms with E-state index in [1.165, 1.54) is 30.0 Å². The van der Waals surface area contributed by atoms with Gasteiger partial charge in [-0.25, -0.2) is 8.78 Å². The highest BCUT2D eigenvalue weighted by Crippen LogP contribution is 2.39. The molecular weight excluding hydrogens is 300 g/mol. The molecule has 5 heteroatoms. The molecule has 3 rings (SSSR count). The van der Waals surface area contributed by atoms with Crippen LogP contribution in [0.15, 0.2) is 41.3 Å². The zero-order valence-electron chi connectivity index (χ0n) is 10.5. The van der Waals surface area contributed by atoms with Crippen LogP contribution in [-0.4, -0.2) is 5.75 Å². The normalized spacial score (nSPS) is 17.6. The third-order valence-electron chi connectivity index (χ3n) is 3.29. The molecule has 1 heterocycles. The summed E-state index contributed by atoms with van der Waals surface area (Å²) >= 11 is 7.19. The molecule has 0 saturated carbocycles. The number of halogens is 3. The molecule has 2 aromatic carbocycles. The van der Waals surface area contributed by atoms with Crippen LogP contribution in [0.3, 0.4) is 0 Å². The molecule has 0 amide bonds. The van der Waals surface area contributed by atoms with Gasteiger partial charge in [0, 0.05) is 16.3 Å². The number of rotatable bonds is 2. The van der Waals surface area contributed by atoms with Crippen molar-refractivity contribution in [1.29, 1.82) is 0 Å². The Bertz CT molecular complexity index is 648. The van der Waals surface area contributed by atoms with Gasteiger partial charge in [0.15, 0.2) is 0 Å². The van der Waals surface area contributed by atoms with Crippen LogP contribution in [-0.2, 0) is 0 Å². The van der Waals surface area contributed by atoms with Crippen LogP contribution in [0.4, 0.5) is 14.5 Å². The fraction of sp³-hybridized carbons (Fsp3) is 0.200. The van der Waals surface area contributed by atoms with Crippen LogP contribution in [0, 0.1) is 11.6 Å². The minimum atomic E-state index is -0.457. The van der Waals surface area contributed by atoms with Gasteiger partial charge in [-0.2, -0.15) is 0 Å². The van der Waals surface area contributed by atoms with Crippen molar-refractivity contribution in [2.24, 2.45) is 0 Å². The molecule has 104 valence electrons. The van der Waals surface area contributed by atoms with Gasteiger partial charge in [-0.05, 0) is 36.2 Å². The molecular formula is C15H12ClF2NS. The third kappa shape index (κ3) is 2.63. The van der Waals surface area contributed by atoms with Gasteiger partial charge in [-0.1, -0.05) is 23.7 Å². The van der Waals surface area contributed by atoms with E-state index in [2.05, 4.69) is 5.32 Å². The van der Waals surface area contributed by atoms with Crippen molar-refractivity contribution in [3.05, 3.63) is 58.6 Å². The van der Waals surface area contributed by atoms with E-state index >= 15 is 0 Å². The first-order valence-electron chi connectivity index (χ1n) is 6.28. The minimum absolute atomic E-state index is 0.0116. The summed E-state index contributed by atoms with van der Waals surface area (Å²) in [5.74, 6) is 0.185. The first-order chi connectivity index (χ1) is 9.65. The number of benzene rings is 2. The highest BCUT2D eigenvalue weighted by molar-refractivity contribution is 7.99. The molecule has 1 unspecified atom stereocenters. The Morgan fingerprint density at radius 3 is 2.80 bits per heavy atom. The van der Waals surface area contributed by atoms with Crippen molar-refractivity contribution in [2.75, 3.05) is 11.1 Å². The maximum Gasteiger partial charge on any atom is 0.143 e. The summed E-state index contributed by atoms with van der Waals surface area (Å²) in [7, 11) is 0. The molecule has 20 heavy (non-hydrogen) atoms. The van der Waals surface area contributed by atoms with Gasteiger partial charge in [-0.15, -0.1) is 11.8 Å². The SMILES string of the molecule is Fc1cc(NC2CCSc3c(F)cccc32)ccc1Cl. The van der Waals surface area contributed by atoms with E-state index in [9.17, 15) is 8.78 Å². The van der Waals surface area contributed by atoms with Gasteiger partial charge in [-0.3, -0.25) is 0 Å². The first kappa shape index (κ1) is 13.7. The lowest BCUT2D eigenvalue weighted by molar-refractivity contribution is 0.584. The second kappa shape index (κ2) is 5.62. The Morgan fingerprint density at radius 1 is 1.15 bits per heavy atom. The number of hydrogen-bond acceptors (Lipinski definition) is 2. The summed E-state index contributed by atoms with van der Waals surface area (Å²) in [4.78, 5) is 0.686. The fourth-order valence-corrected chi connectivity index (χ4v) is 3.58. The minimum Gasteiger partial charge on any atom is -0.378 e. The fourth-order valence-electron chi connectivity index (χ4n) is 2.32. The van der Waals surface area contributed by atoms with Crippen LogP contribution in [0.1, 0.15) is 18.0 Å². The second-order valence-electron chi connectivity index (χ2n) is 4.62. The van der Waals surface area contributed by atoms with E-state index in [1.54, 1.807) is 12.1 Å². The van der Waals surface area contributed by atoms with Crippen molar-refractivity contribution in [2.45, 2.75) is 17.4 Å². The van der Waals surface area contributed by atoms with Gasteiger partial charge in [0.1, 0.15) is 11.6 Å². The van der Waals surface area contributed by atoms with Gasteiger partial charge in [0.2, 0.25) is 0 Å². The van der Waals surface area contributed by atoms with Gasteiger partial charge in [0.25, 0.3) is 0 Å². The highest BCUT2D eigenvalue weighted by Gasteiger charge is 2.23. The zero-order chi connectivity index (χ0) is 14.1. The average molecular weight is 312 g/mol. The quantitative estimate of drug-likeness (QED) is 0.811. The lowest BCUT2D eigenvalue weighted by atomic mass is 10.0. The Hall–Kier alpha value is -1.26. The van der Waals surface area contributed by atoms with E-state index < -0.39 is 5.82 Å². The highest BCUT2D eigenvalue weighted by atomic mass is 35.5. The average Bonchev–Trinajstić information content (AvgIpc) is 2.44. The summed E-state index contributed by atoms with van der Waals surface area (Å²) in [5.41, 5.74) is 1.58. The second-order valence-corrected chi connectivity index (χ2v) is 6.13. The number of nitrogens with one attached hydrogen (secondary N) is 1. The molecule has 1 nitrogen and oxygen atoms in total. The van der Waals surface area contributed by atoms with Crippen molar-refractivity contribution in [3.63, 3.8) is 0 Å². The van der Waals surface area contributed by atoms with Crippen LogP contribution < -0.4 is 5.32 Å². The molecule has 0 aromatic heterocycles. The number of fused-ring (bicyclic) bond motifs is 1. The summed E-state index contributed by atoms with van der Waals surface area (Å²) < 4.78 is 27.2. The predicted molar refractivity (Wildman–Crippen MR) is 79.5 cm³/mol. The lowest BCUT2D eigenvalue weighted by Crippen LogP contribution is -2.16. The van der Waals surface area contributed by atoms with Crippen molar-refractivity contribution in [1.82, 2.24) is 0 Å². The zero-order valence-corrected chi connectivity index (χ0v) is 12.1. The largest absolute Gasteiger partial charge is 0.378 e. The number of anilines is 1. The summed E-state index contributed by atoms with van der Waals surface area (Å²) in [6.45, 7) is 0. The van der Waals surface area contributed by atoms with Crippen LogP contribution in [0.2, 0.25) is 5.02 Å². The van der Waals surface area contributed by atoms with Crippen molar-refractivity contribution in [3.8, 4) is 0 Å². The molecule has 0 bridgehead atoms. The Balaban J connectivity index is 1.89. The Labute approximate surface area is 125 Å². The molecule has 0 radical (unpaired) electrons. The lowest BCUT2D eigenvalue weighted by Gasteiger charge is -2.27. The molecule has 1 N–H and O–H groups in total. The molecule has 0 saturated heterocycles.